The van der Waals surface area contributed by atoms with Crippen molar-refractivity contribution in [3.63, 3.8) is 0 Å². The standard InChI is InChI=1S/C16H18F2N4O/c1-16(9-19)6-8-21(10-16)15(23)13-5-7-22(20-13)14-11(17)3-2-4-12(14)18/h2-5,7H,6,8-10,19H2,1H3. The van der Waals surface area contributed by atoms with E-state index in [4.69, 9.17) is 5.73 Å². The van der Waals surface area contributed by atoms with E-state index in [1.807, 2.05) is 6.92 Å². The van der Waals surface area contributed by atoms with E-state index in [1.54, 1.807) is 4.90 Å². The zero-order valence-electron chi connectivity index (χ0n) is 12.8. The van der Waals surface area contributed by atoms with Gasteiger partial charge in [0.2, 0.25) is 0 Å². The fourth-order valence-electron chi connectivity index (χ4n) is 2.80. The number of carbonyl (C=O) groups excluding carboxylic acids is 1. The Hall–Kier alpha value is -2.28. The summed E-state index contributed by atoms with van der Waals surface area (Å²) in [7, 11) is 0. The average molecular weight is 320 g/mol. The Morgan fingerprint density at radius 3 is 2.65 bits per heavy atom. The van der Waals surface area contributed by atoms with Gasteiger partial charge in [0.05, 0.1) is 0 Å². The number of likely N-dealkylation sites (tertiary alicyclic amines) is 1. The highest BCUT2D eigenvalue weighted by Gasteiger charge is 2.35. The van der Waals surface area contributed by atoms with Gasteiger partial charge in [0.25, 0.3) is 5.91 Å². The third-order valence-electron chi connectivity index (χ3n) is 4.31. The van der Waals surface area contributed by atoms with Gasteiger partial charge < -0.3 is 10.6 Å². The highest BCUT2D eigenvalue weighted by molar-refractivity contribution is 5.92. The molecule has 1 aliphatic rings. The molecule has 3 rings (SSSR count). The molecule has 1 aromatic carbocycles. The normalized spacial score (nSPS) is 21.0. The van der Waals surface area contributed by atoms with Crippen LogP contribution in [0.5, 0.6) is 0 Å². The van der Waals surface area contributed by atoms with Crippen molar-refractivity contribution in [2.75, 3.05) is 19.6 Å². The Labute approximate surface area is 132 Å². The van der Waals surface area contributed by atoms with Gasteiger partial charge in [-0.15, -0.1) is 0 Å². The summed E-state index contributed by atoms with van der Waals surface area (Å²) < 4.78 is 28.6. The quantitative estimate of drug-likeness (QED) is 0.940. The fraction of sp³-hybridized carbons (Fsp3) is 0.375. The third kappa shape index (κ3) is 2.84. The number of benzene rings is 1. The van der Waals surface area contributed by atoms with E-state index in [0.29, 0.717) is 19.6 Å². The lowest BCUT2D eigenvalue weighted by Gasteiger charge is -2.22. The van der Waals surface area contributed by atoms with Gasteiger partial charge in [-0.2, -0.15) is 5.10 Å². The lowest BCUT2D eigenvalue weighted by molar-refractivity contribution is 0.0770. The van der Waals surface area contributed by atoms with E-state index < -0.39 is 11.6 Å². The number of rotatable bonds is 3. The predicted molar refractivity (Wildman–Crippen MR) is 81.2 cm³/mol. The summed E-state index contributed by atoms with van der Waals surface area (Å²) in [4.78, 5) is 14.2. The van der Waals surface area contributed by atoms with Gasteiger partial charge in [0, 0.05) is 19.3 Å². The minimum absolute atomic E-state index is 0.0874. The number of nitrogens with two attached hydrogens (primary N) is 1. The largest absolute Gasteiger partial charge is 0.337 e. The fourth-order valence-corrected chi connectivity index (χ4v) is 2.80. The van der Waals surface area contributed by atoms with Crippen molar-refractivity contribution in [3.05, 3.63) is 47.8 Å². The van der Waals surface area contributed by atoms with Crippen LogP contribution in [0.2, 0.25) is 0 Å². The van der Waals surface area contributed by atoms with Crippen molar-refractivity contribution in [2.45, 2.75) is 13.3 Å². The number of carbonyl (C=O) groups is 1. The Morgan fingerprint density at radius 2 is 2.04 bits per heavy atom. The SMILES string of the molecule is CC1(CN)CCN(C(=O)c2ccn(-c3c(F)cccc3F)n2)C1. The molecule has 0 aliphatic carbocycles. The van der Waals surface area contributed by atoms with E-state index in [0.717, 1.165) is 23.2 Å². The van der Waals surface area contributed by atoms with E-state index in [2.05, 4.69) is 5.10 Å². The Kier molecular flexibility index (Phi) is 3.89. The molecule has 0 radical (unpaired) electrons. The van der Waals surface area contributed by atoms with Gasteiger partial charge in [0.1, 0.15) is 5.69 Å². The van der Waals surface area contributed by atoms with E-state index in [1.165, 1.54) is 18.3 Å². The van der Waals surface area contributed by atoms with Crippen molar-refractivity contribution in [3.8, 4) is 5.69 Å². The van der Waals surface area contributed by atoms with Crippen molar-refractivity contribution in [1.82, 2.24) is 14.7 Å². The van der Waals surface area contributed by atoms with Crippen molar-refractivity contribution in [2.24, 2.45) is 11.1 Å². The molecule has 2 N–H and O–H groups in total. The van der Waals surface area contributed by atoms with E-state index in [-0.39, 0.29) is 22.7 Å². The Morgan fingerprint density at radius 1 is 1.35 bits per heavy atom. The Balaban J connectivity index is 1.84. The molecule has 0 bridgehead atoms. The monoisotopic (exact) mass is 320 g/mol. The van der Waals surface area contributed by atoms with Crippen molar-refractivity contribution >= 4 is 5.91 Å². The number of hydrogen-bond acceptors (Lipinski definition) is 3. The topological polar surface area (TPSA) is 64.2 Å². The summed E-state index contributed by atoms with van der Waals surface area (Å²) in [5.74, 6) is -1.72. The molecule has 1 aromatic heterocycles. The van der Waals surface area contributed by atoms with Crippen LogP contribution in [0.1, 0.15) is 23.8 Å². The molecule has 1 fully saturated rings. The lowest BCUT2D eigenvalue weighted by Crippen LogP contribution is -2.34. The molecule has 0 spiro atoms. The maximum atomic E-state index is 13.8. The van der Waals surface area contributed by atoms with Crippen LogP contribution < -0.4 is 5.73 Å². The van der Waals surface area contributed by atoms with Gasteiger partial charge in [-0.05, 0) is 36.6 Å². The van der Waals surface area contributed by atoms with E-state index in [9.17, 15) is 13.6 Å². The van der Waals surface area contributed by atoms with Gasteiger partial charge >= 0.3 is 0 Å². The van der Waals surface area contributed by atoms with Gasteiger partial charge in [0.15, 0.2) is 17.3 Å². The smallest absolute Gasteiger partial charge is 0.274 e. The summed E-state index contributed by atoms with van der Waals surface area (Å²) in [5.41, 5.74) is 5.52. The predicted octanol–water partition coefficient (Wildman–Crippen LogP) is 1.96. The first kappa shape index (κ1) is 15.6. The first-order valence-corrected chi connectivity index (χ1v) is 7.43. The van der Waals surface area contributed by atoms with Crippen molar-refractivity contribution < 1.29 is 13.6 Å². The third-order valence-corrected chi connectivity index (χ3v) is 4.31. The second-order valence-corrected chi connectivity index (χ2v) is 6.21. The van der Waals surface area contributed by atoms with Gasteiger partial charge in [-0.3, -0.25) is 4.79 Å². The summed E-state index contributed by atoms with van der Waals surface area (Å²) in [5, 5.41) is 4.03. The molecule has 1 aliphatic heterocycles. The zero-order chi connectivity index (χ0) is 16.6. The number of nitrogens with zero attached hydrogens (tertiary/aromatic N) is 3. The maximum absolute atomic E-state index is 13.8. The summed E-state index contributed by atoms with van der Waals surface area (Å²) in [6.07, 6.45) is 2.21. The highest BCUT2D eigenvalue weighted by atomic mass is 19.1. The number of para-hydroxylation sites is 1. The molecule has 0 saturated carbocycles. The number of amides is 1. The summed E-state index contributed by atoms with van der Waals surface area (Å²) in [6, 6.07) is 5.04. The molecule has 5 nitrogen and oxygen atoms in total. The second kappa shape index (κ2) is 5.73. The zero-order valence-corrected chi connectivity index (χ0v) is 12.8. The number of halogens is 2. The van der Waals surface area contributed by atoms with Crippen LogP contribution in [0.15, 0.2) is 30.5 Å². The Bertz CT molecular complexity index is 725. The number of aromatic nitrogens is 2. The first-order chi connectivity index (χ1) is 10.9. The molecule has 1 unspecified atom stereocenters. The minimum atomic E-state index is -0.732. The van der Waals surface area contributed by atoms with Crippen LogP contribution in [-0.2, 0) is 0 Å². The summed E-state index contributed by atoms with van der Waals surface area (Å²) >= 11 is 0. The molecule has 2 aromatic rings. The highest BCUT2D eigenvalue weighted by Crippen LogP contribution is 2.29. The van der Waals surface area contributed by atoms with Gasteiger partial charge in [-0.1, -0.05) is 13.0 Å². The van der Waals surface area contributed by atoms with Crippen LogP contribution in [0.3, 0.4) is 0 Å². The molecule has 7 heteroatoms. The molecule has 1 amide bonds. The molecular weight excluding hydrogens is 302 g/mol. The maximum Gasteiger partial charge on any atom is 0.274 e. The molecule has 23 heavy (non-hydrogen) atoms. The molecule has 2 heterocycles. The molecule has 1 atom stereocenters. The van der Waals surface area contributed by atoms with Crippen LogP contribution >= 0.6 is 0 Å². The van der Waals surface area contributed by atoms with E-state index >= 15 is 0 Å². The average Bonchev–Trinajstić information content (AvgIpc) is 3.14. The molecule has 122 valence electrons. The van der Waals surface area contributed by atoms with Crippen LogP contribution in [0, 0.1) is 17.0 Å². The second-order valence-electron chi connectivity index (χ2n) is 6.21. The van der Waals surface area contributed by atoms with Gasteiger partial charge in [-0.25, -0.2) is 13.5 Å². The van der Waals surface area contributed by atoms with Crippen molar-refractivity contribution in [1.29, 1.82) is 0 Å². The molecular formula is C16H18F2N4O. The molecule has 1 saturated heterocycles. The first-order valence-electron chi connectivity index (χ1n) is 7.43. The van der Waals surface area contributed by atoms with Crippen LogP contribution in [-0.4, -0.2) is 40.2 Å². The van der Waals surface area contributed by atoms with Crippen LogP contribution in [0.25, 0.3) is 5.69 Å². The number of hydrogen-bond donors (Lipinski definition) is 1. The van der Waals surface area contributed by atoms with Crippen LogP contribution in [0.4, 0.5) is 8.78 Å². The minimum Gasteiger partial charge on any atom is -0.337 e. The summed E-state index contributed by atoms with van der Waals surface area (Å²) in [6.45, 7) is 3.70. The lowest BCUT2D eigenvalue weighted by atomic mass is 9.90.